The first-order chi connectivity index (χ1) is 13.1. The van der Waals surface area contributed by atoms with Crippen LogP contribution in [0, 0.1) is 11.7 Å². The Kier molecular flexibility index (Phi) is 6.69. The highest BCUT2D eigenvalue weighted by molar-refractivity contribution is 5.47. The molecule has 0 amide bonds. The zero-order valence-electron chi connectivity index (χ0n) is 16.0. The van der Waals surface area contributed by atoms with E-state index in [0.29, 0.717) is 17.5 Å². The summed E-state index contributed by atoms with van der Waals surface area (Å²) in [5, 5.41) is 14.6. The number of rotatable bonds is 7. The van der Waals surface area contributed by atoms with Gasteiger partial charge in [0.1, 0.15) is 5.82 Å². The number of para-hydroxylation sites is 1. The van der Waals surface area contributed by atoms with Crippen LogP contribution in [-0.2, 0) is 6.42 Å². The molecule has 0 radical (unpaired) electrons. The summed E-state index contributed by atoms with van der Waals surface area (Å²) in [6, 6.07) is 12.6. The highest BCUT2D eigenvalue weighted by Crippen LogP contribution is 2.40. The summed E-state index contributed by atoms with van der Waals surface area (Å²) >= 11 is 0. The third-order valence-corrected chi connectivity index (χ3v) is 5.43. The van der Waals surface area contributed by atoms with Crippen molar-refractivity contribution in [3.05, 3.63) is 59.4 Å². The molecule has 0 bridgehead atoms. The Bertz CT molecular complexity index is 735. The molecular formula is C22H28FNO3. The lowest BCUT2D eigenvalue weighted by Crippen LogP contribution is -2.40. The number of halogens is 1. The Morgan fingerprint density at radius 1 is 1.15 bits per heavy atom. The van der Waals surface area contributed by atoms with Crippen molar-refractivity contribution in [3.8, 4) is 11.5 Å². The van der Waals surface area contributed by atoms with E-state index in [1.165, 1.54) is 12.1 Å². The van der Waals surface area contributed by atoms with Gasteiger partial charge in [-0.15, -0.1) is 0 Å². The first-order valence-electron chi connectivity index (χ1n) is 9.49. The minimum atomic E-state index is -0.592. The minimum absolute atomic E-state index is 0.158. The topological polar surface area (TPSA) is 50.7 Å². The molecule has 0 aliphatic carbocycles. The molecule has 2 aromatic carbocycles. The van der Waals surface area contributed by atoms with Crippen molar-refractivity contribution < 1.29 is 19.0 Å². The van der Waals surface area contributed by atoms with E-state index in [4.69, 9.17) is 9.47 Å². The van der Waals surface area contributed by atoms with Crippen molar-refractivity contribution in [2.24, 2.45) is 5.92 Å². The monoisotopic (exact) mass is 373 g/mol. The molecule has 1 aliphatic heterocycles. The zero-order chi connectivity index (χ0) is 19.2. The highest BCUT2D eigenvalue weighted by Gasteiger charge is 2.30. The molecule has 0 saturated carbocycles. The Balaban J connectivity index is 1.64. The fourth-order valence-electron chi connectivity index (χ4n) is 3.94. The average Bonchev–Trinajstić information content (AvgIpc) is 2.72. The maximum Gasteiger partial charge on any atom is 0.166 e. The van der Waals surface area contributed by atoms with E-state index in [2.05, 4.69) is 5.32 Å². The van der Waals surface area contributed by atoms with E-state index in [0.717, 1.165) is 43.4 Å². The van der Waals surface area contributed by atoms with E-state index < -0.39 is 6.10 Å². The molecule has 2 aromatic rings. The van der Waals surface area contributed by atoms with E-state index in [1.54, 1.807) is 14.2 Å². The van der Waals surface area contributed by atoms with Gasteiger partial charge >= 0.3 is 0 Å². The van der Waals surface area contributed by atoms with Crippen LogP contribution < -0.4 is 14.8 Å². The molecule has 3 rings (SSSR count). The summed E-state index contributed by atoms with van der Waals surface area (Å²) in [4.78, 5) is 0. The Morgan fingerprint density at radius 3 is 2.63 bits per heavy atom. The van der Waals surface area contributed by atoms with Gasteiger partial charge in [-0.05, 0) is 61.9 Å². The van der Waals surface area contributed by atoms with Crippen molar-refractivity contribution in [1.29, 1.82) is 0 Å². The third-order valence-electron chi connectivity index (χ3n) is 5.43. The molecule has 146 valence electrons. The van der Waals surface area contributed by atoms with Crippen molar-refractivity contribution in [1.82, 2.24) is 5.32 Å². The fraction of sp³-hybridized carbons (Fsp3) is 0.455. The predicted molar refractivity (Wildman–Crippen MR) is 104 cm³/mol. The summed E-state index contributed by atoms with van der Waals surface area (Å²) in [6.07, 6.45) is 3.07. The molecule has 1 aliphatic rings. The molecule has 0 spiro atoms. The van der Waals surface area contributed by atoms with E-state index in [-0.39, 0.29) is 11.7 Å². The first kappa shape index (κ1) is 19.6. The van der Waals surface area contributed by atoms with Gasteiger partial charge in [-0.2, -0.15) is 0 Å². The molecule has 27 heavy (non-hydrogen) atoms. The Hall–Kier alpha value is -2.11. The molecule has 0 aromatic heterocycles. The van der Waals surface area contributed by atoms with E-state index >= 15 is 0 Å². The largest absolute Gasteiger partial charge is 0.493 e. The van der Waals surface area contributed by atoms with Crippen LogP contribution in [0.5, 0.6) is 11.5 Å². The van der Waals surface area contributed by atoms with Gasteiger partial charge < -0.3 is 19.9 Å². The lowest BCUT2D eigenvalue weighted by molar-refractivity contribution is 0.0740. The maximum atomic E-state index is 13.0. The average molecular weight is 373 g/mol. The van der Waals surface area contributed by atoms with Gasteiger partial charge in [0.2, 0.25) is 0 Å². The molecule has 1 heterocycles. The van der Waals surface area contributed by atoms with Crippen molar-refractivity contribution in [3.63, 3.8) is 0 Å². The van der Waals surface area contributed by atoms with Crippen LogP contribution in [0.4, 0.5) is 4.39 Å². The maximum absolute atomic E-state index is 13.0. The van der Waals surface area contributed by atoms with Gasteiger partial charge in [0.25, 0.3) is 0 Å². The van der Waals surface area contributed by atoms with Crippen LogP contribution in [0.25, 0.3) is 0 Å². The summed E-state index contributed by atoms with van der Waals surface area (Å²) < 4.78 is 23.9. The van der Waals surface area contributed by atoms with Crippen molar-refractivity contribution in [2.45, 2.75) is 37.8 Å². The lowest BCUT2D eigenvalue weighted by atomic mass is 9.83. The van der Waals surface area contributed by atoms with Crippen LogP contribution in [0.15, 0.2) is 42.5 Å². The zero-order valence-corrected chi connectivity index (χ0v) is 16.0. The van der Waals surface area contributed by atoms with Gasteiger partial charge in [0.05, 0.1) is 20.3 Å². The molecule has 1 fully saturated rings. The summed E-state index contributed by atoms with van der Waals surface area (Å²) in [7, 11) is 3.20. The van der Waals surface area contributed by atoms with Crippen molar-refractivity contribution >= 4 is 0 Å². The molecule has 3 atom stereocenters. The number of benzene rings is 2. The Morgan fingerprint density at radius 2 is 1.93 bits per heavy atom. The summed E-state index contributed by atoms with van der Waals surface area (Å²) in [5.41, 5.74) is 1.91. The Labute approximate surface area is 160 Å². The van der Waals surface area contributed by atoms with Gasteiger partial charge in [-0.25, -0.2) is 4.39 Å². The standard InChI is InChI=1S/C22H28FNO3/c1-26-20-5-3-4-19(22(20)27-2)21(25)16-12-13-24-18(14-16)11-8-15-6-9-17(23)10-7-15/h3-7,9-10,16,18,21,24-25H,8,11-14H2,1-2H3. The van der Waals surface area contributed by atoms with E-state index in [1.807, 2.05) is 30.3 Å². The van der Waals surface area contributed by atoms with Crippen LogP contribution in [0.1, 0.15) is 36.5 Å². The van der Waals surface area contributed by atoms with Crippen LogP contribution >= 0.6 is 0 Å². The smallest absolute Gasteiger partial charge is 0.166 e. The number of ether oxygens (including phenoxy) is 2. The van der Waals surface area contributed by atoms with Gasteiger partial charge in [-0.1, -0.05) is 24.3 Å². The molecule has 4 nitrogen and oxygen atoms in total. The molecule has 5 heteroatoms. The summed E-state index contributed by atoms with van der Waals surface area (Å²) in [6.45, 7) is 0.877. The quantitative estimate of drug-likeness (QED) is 0.773. The number of aliphatic hydroxyl groups excluding tert-OH is 1. The lowest BCUT2D eigenvalue weighted by Gasteiger charge is -2.34. The molecule has 2 N–H and O–H groups in total. The number of aryl methyl sites for hydroxylation is 1. The number of nitrogens with one attached hydrogen (secondary N) is 1. The molecule has 1 saturated heterocycles. The minimum Gasteiger partial charge on any atom is -0.493 e. The predicted octanol–water partition coefficient (Wildman–Crippen LogP) is 3.88. The fourth-order valence-corrected chi connectivity index (χ4v) is 3.94. The molecular weight excluding hydrogens is 345 g/mol. The second-order valence-corrected chi connectivity index (χ2v) is 7.13. The van der Waals surface area contributed by atoms with E-state index in [9.17, 15) is 9.50 Å². The normalized spacial score (nSPS) is 20.9. The van der Waals surface area contributed by atoms with Crippen LogP contribution in [0.3, 0.4) is 0 Å². The summed E-state index contributed by atoms with van der Waals surface area (Å²) in [5.74, 6) is 1.19. The highest BCUT2D eigenvalue weighted by atomic mass is 19.1. The SMILES string of the molecule is COc1cccc(C(O)C2CCNC(CCc3ccc(F)cc3)C2)c1OC. The second kappa shape index (κ2) is 9.20. The second-order valence-electron chi connectivity index (χ2n) is 7.13. The molecule has 3 unspecified atom stereocenters. The van der Waals surface area contributed by atoms with Crippen LogP contribution in [0.2, 0.25) is 0 Å². The first-order valence-corrected chi connectivity index (χ1v) is 9.49. The van der Waals surface area contributed by atoms with Crippen molar-refractivity contribution in [2.75, 3.05) is 20.8 Å². The number of piperidine rings is 1. The number of methoxy groups -OCH3 is 2. The van der Waals surface area contributed by atoms with Gasteiger partial charge in [-0.3, -0.25) is 0 Å². The van der Waals surface area contributed by atoms with Gasteiger partial charge in [0, 0.05) is 11.6 Å². The van der Waals surface area contributed by atoms with Crippen LogP contribution in [-0.4, -0.2) is 31.9 Å². The van der Waals surface area contributed by atoms with Gasteiger partial charge in [0.15, 0.2) is 11.5 Å². The number of aliphatic hydroxyl groups is 1. The number of hydrogen-bond acceptors (Lipinski definition) is 4. The number of hydrogen-bond donors (Lipinski definition) is 2. The third kappa shape index (κ3) is 4.79.